The van der Waals surface area contributed by atoms with Gasteiger partial charge in [-0.15, -0.1) is 0 Å². The molecule has 9 heteroatoms. The summed E-state index contributed by atoms with van der Waals surface area (Å²) in [5.74, 6) is -2.94. The zero-order chi connectivity index (χ0) is 15.4. The first-order valence-corrected chi connectivity index (χ1v) is 5.89. The summed E-state index contributed by atoms with van der Waals surface area (Å²) in [6.45, 7) is 0.141. The van der Waals surface area contributed by atoms with E-state index in [9.17, 15) is 23.7 Å². The average Bonchev–Trinajstić information content (AvgIpc) is 2.94. The number of amides is 1. The van der Waals surface area contributed by atoms with Crippen molar-refractivity contribution in [1.82, 2.24) is 15.3 Å². The van der Waals surface area contributed by atoms with Gasteiger partial charge in [-0.25, -0.2) is 13.8 Å². The zero-order valence-corrected chi connectivity index (χ0v) is 10.6. The highest BCUT2D eigenvalue weighted by molar-refractivity contribution is 5.98. The summed E-state index contributed by atoms with van der Waals surface area (Å²) in [5, 5.41) is 13.2. The molecule has 0 unspecified atom stereocenters. The smallest absolute Gasteiger partial charge is 0.285 e. The first kappa shape index (κ1) is 14.6. The number of nitro groups is 1. The highest BCUT2D eigenvalue weighted by Gasteiger charge is 2.23. The minimum atomic E-state index is -1.38. The molecule has 2 aromatic rings. The second-order valence-electron chi connectivity index (χ2n) is 4.08. The molecule has 1 aromatic heterocycles. The molecule has 0 aliphatic carbocycles. The lowest BCUT2D eigenvalue weighted by atomic mass is 10.1. The fraction of sp³-hybridized carbons (Fsp3) is 0.167. The van der Waals surface area contributed by atoms with E-state index >= 15 is 0 Å². The molecule has 0 saturated carbocycles. The molecule has 0 atom stereocenters. The van der Waals surface area contributed by atoms with Gasteiger partial charge < -0.3 is 10.3 Å². The van der Waals surface area contributed by atoms with E-state index in [1.165, 1.54) is 6.20 Å². The maximum absolute atomic E-state index is 13.1. The second-order valence-corrected chi connectivity index (χ2v) is 4.08. The molecule has 0 radical (unpaired) electrons. The number of imidazole rings is 1. The Morgan fingerprint density at radius 3 is 2.71 bits per heavy atom. The fourth-order valence-corrected chi connectivity index (χ4v) is 1.69. The normalized spacial score (nSPS) is 10.4. The van der Waals surface area contributed by atoms with Crippen LogP contribution in [0.1, 0.15) is 16.2 Å². The van der Waals surface area contributed by atoms with Crippen LogP contribution in [0.2, 0.25) is 0 Å². The number of nitrogens with zero attached hydrogens (tertiary/aromatic N) is 2. The Kier molecular flexibility index (Phi) is 4.21. The summed E-state index contributed by atoms with van der Waals surface area (Å²) in [6, 6.07) is 0.895. The molecule has 0 fully saturated rings. The molecular weight excluding hydrogens is 286 g/mol. The predicted octanol–water partition coefficient (Wildman–Crippen LogP) is 1.57. The summed E-state index contributed by atoms with van der Waals surface area (Å²) >= 11 is 0. The second kappa shape index (κ2) is 6.07. The van der Waals surface area contributed by atoms with E-state index in [-0.39, 0.29) is 6.54 Å². The number of aromatic amines is 1. The van der Waals surface area contributed by atoms with Gasteiger partial charge >= 0.3 is 0 Å². The molecule has 1 amide bonds. The molecule has 110 valence electrons. The van der Waals surface area contributed by atoms with Crippen molar-refractivity contribution in [3.8, 4) is 0 Å². The number of H-pyrrole nitrogens is 1. The minimum Gasteiger partial charge on any atom is -0.351 e. The topological polar surface area (TPSA) is 101 Å². The van der Waals surface area contributed by atoms with Gasteiger partial charge in [0, 0.05) is 25.4 Å². The molecule has 1 aromatic carbocycles. The van der Waals surface area contributed by atoms with Gasteiger partial charge in [0.2, 0.25) is 0 Å². The largest absolute Gasteiger partial charge is 0.351 e. The zero-order valence-electron chi connectivity index (χ0n) is 10.6. The molecule has 1 heterocycles. The number of carbonyl (C=O) groups is 1. The van der Waals surface area contributed by atoms with E-state index in [0.717, 1.165) is 0 Å². The first-order chi connectivity index (χ1) is 9.99. The lowest BCUT2D eigenvalue weighted by molar-refractivity contribution is -0.385. The SMILES string of the molecule is O=C(NCCc1ncc[nH]1)c1cc(F)c(F)cc1[N+](=O)[O-]. The van der Waals surface area contributed by atoms with E-state index in [1.807, 2.05) is 0 Å². The summed E-state index contributed by atoms with van der Waals surface area (Å²) in [4.78, 5) is 28.4. The molecule has 2 N–H and O–H groups in total. The standard InChI is InChI=1S/C12H10F2N4O3/c13-8-5-7(10(18(20)21)6-9(8)14)12(19)17-2-1-11-15-3-4-16-11/h3-6H,1-2H2,(H,15,16)(H,17,19). The van der Waals surface area contributed by atoms with Crippen molar-refractivity contribution in [1.29, 1.82) is 0 Å². The van der Waals surface area contributed by atoms with Gasteiger partial charge in [0.25, 0.3) is 11.6 Å². The lowest BCUT2D eigenvalue weighted by Crippen LogP contribution is -2.27. The first-order valence-electron chi connectivity index (χ1n) is 5.89. The molecule has 0 aliphatic heterocycles. The van der Waals surface area contributed by atoms with Crippen LogP contribution in [0.3, 0.4) is 0 Å². The highest BCUT2D eigenvalue weighted by atomic mass is 19.2. The molecule has 0 spiro atoms. The number of halogens is 2. The Labute approximate surface area is 117 Å². The molecule has 2 rings (SSSR count). The predicted molar refractivity (Wildman–Crippen MR) is 67.6 cm³/mol. The maximum Gasteiger partial charge on any atom is 0.285 e. The van der Waals surface area contributed by atoms with Gasteiger partial charge in [0.1, 0.15) is 11.4 Å². The third-order valence-electron chi connectivity index (χ3n) is 2.68. The molecular formula is C12H10F2N4O3. The lowest BCUT2D eigenvalue weighted by Gasteiger charge is -2.05. The Hall–Kier alpha value is -2.84. The van der Waals surface area contributed by atoms with Crippen molar-refractivity contribution in [2.45, 2.75) is 6.42 Å². The minimum absolute atomic E-state index is 0.141. The van der Waals surface area contributed by atoms with Crippen molar-refractivity contribution in [3.05, 3.63) is 57.7 Å². The van der Waals surface area contributed by atoms with Gasteiger partial charge in [-0.05, 0) is 6.07 Å². The monoisotopic (exact) mass is 296 g/mol. The fourth-order valence-electron chi connectivity index (χ4n) is 1.69. The quantitative estimate of drug-likeness (QED) is 0.646. The van der Waals surface area contributed by atoms with Crippen LogP contribution in [-0.2, 0) is 6.42 Å². The average molecular weight is 296 g/mol. The number of rotatable bonds is 5. The number of nitro benzene ring substituents is 1. The van der Waals surface area contributed by atoms with Crippen LogP contribution in [-0.4, -0.2) is 27.3 Å². The van der Waals surface area contributed by atoms with Gasteiger partial charge in [0.15, 0.2) is 11.6 Å². The number of carbonyl (C=O) groups excluding carboxylic acids is 1. The molecule has 21 heavy (non-hydrogen) atoms. The van der Waals surface area contributed by atoms with Crippen LogP contribution >= 0.6 is 0 Å². The molecule has 0 bridgehead atoms. The van der Waals surface area contributed by atoms with E-state index in [1.54, 1.807) is 6.20 Å². The van der Waals surface area contributed by atoms with Gasteiger partial charge in [-0.1, -0.05) is 0 Å². The number of hydrogen-bond acceptors (Lipinski definition) is 4. The highest BCUT2D eigenvalue weighted by Crippen LogP contribution is 2.22. The summed E-state index contributed by atoms with van der Waals surface area (Å²) in [5.41, 5.74) is -1.32. The van der Waals surface area contributed by atoms with Crippen molar-refractivity contribution in [3.63, 3.8) is 0 Å². The number of nitrogens with one attached hydrogen (secondary N) is 2. The summed E-state index contributed by atoms with van der Waals surface area (Å²) in [6.07, 6.45) is 3.52. The molecule has 0 aliphatic rings. The van der Waals surface area contributed by atoms with Crippen molar-refractivity contribution in [2.75, 3.05) is 6.54 Å². The van der Waals surface area contributed by atoms with Gasteiger partial charge in [0.05, 0.1) is 11.0 Å². The maximum atomic E-state index is 13.1. The third kappa shape index (κ3) is 3.38. The van der Waals surface area contributed by atoms with Gasteiger partial charge in [-0.2, -0.15) is 0 Å². The van der Waals surface area contributed by atoms with Crippen LogP contribution < -0.4 is 5.32 Å². The Balaban J connectivity index is 2.11. The number of benzene rings is 1. The molecule has 7 nitrogen and oxygen atoms in total. The van der Waals surface area contributed by atoms with E-state index in [0.29, 0.717) is 24.4 Å². The van der Waals surface area contributed by atoms with Crippen molar-refractivity contribution < 1.29 is 18.5 Å². The van der Waals surface area contributed by atoms with Crippen LogP contribution in [0, 0.1) is 21.7 Å². The van der Waals surface area contributed by atoms with Crippen molar-refractivity contribution in [2.24, 2.45) is 0 Å². The summed E-state index contributed by atoms with van der Waals surface area (Å²) in [7, 11) is 0. The Morgan fingerprint density at radius 1 is 1.38 bits per heavy atom. The third-order valence-corrected chi connectivity index (χ3v) is 2.68. The number of hydrogen-bond donors (Lipinski definition) is 2. The van der Waals surface area contributed by atoms with Crippen LogP contribution in [0.25, 0.3) is 0 Å². The van der Waals surface area contributed by atoms with E-state index < -0.39 is 33.7 Å². The number of aromatic nitrogens is 2. The van der Waals surface area contributed by atoms with Crippen LogP contribution in [0.15, 0.2) is 24.5 Å². The van der Waals surface area contributed by atoms with Crippen LogP contribution in [0.4, 0.5) is 14.5 Å². The van der Waals surface area contributed by atoms with E-state index in [2.05, 4.69) is 15.3 Å². The van der Waals surface area contributed by atoms with Crippen LogP contribution in [0.5, 0.6) is 0 Å². The van der Waals surface area contributed by atoms with Gasteiger partial charge in [-0.3, -0.25) is 14.9 Å². The summed E-state index contributed by atoms with van der Waals surface area (Å²) < 4.78 is 26.1. The van der Waals surface area contributed by atoms with Crippen molar-refractivity contribution >= 4 is 11.6 Å². The Bertz CT molecular complexity index is 673. The van der Waals surface area contributed by atoms with E-state index in [4.69, 9.17) is 0 Å². The Morgan fingerprint density at radius 2 is 2.10 bits per heavy atom. The molecule has 0 saturated heterocycles.